The molecule has 2 N–H and O–H groups in total. The Labute approximate surface area is 161 Å². The Morgan fingerprint density at radius 1 is 1.04 bits per heavy atom. The molecule has 0 radical (unpaired) electrons. The van der Waals surface area contributed by atoms with E-state index in [2.05, 4.69) is 10.6 Å². The van der Waals surface area contributed by atoms with E-state index in [-0.39, 0.29) is 30.5 Å². The molecule has 0 aliphatic carbocycles. The number of para-hydroxylation sites is 1. The average Bonchev–Trinajstić information content (AvgIpc) is 3.20. The van der Waals surface area contributed by atoms with Crippen LogP contribution in [0.3, 0.4) is 0 Å². The van der Waals surface area contributed by atoms with Crippen molar-refractivity contribution in [3.63, 3.8) is 0 Å². The summed E-state index contributed by atoms with van der Waals surface area (Å²) in [5, 5.41) is 5.84. The van der Waals surface area contributed by atoms with E-state index in [0.29, 0.717) is 22.2 Å². The van der Waals surface area contributed by atoms with Crippen LogP contribution in [0.15, 0.2) is 71.3 Å². The molecule has 6 nitrogen and oxygen atoms in total. The van der Waals surface area contributed by atoms with Gasteiger partial charge in [0.25, 0.3) is 5.91 Å². The highest BCUT2D eigenvalue weighted by Crippen LogP contribution is 2.32. The predicted octanol–water partition coefficient (Wildman–Crippen LogP) is 4.48. The lowest BCUT2D eigenvalue weighted by molar-refractivity contribution is -0.116. The fraction of sp³-hybridized carbons (Fsp3) is 0.100. The highest BCUT2D eigenvalue weighted by Gasteiger charge is 2.12. The second kappa shape index (κ2) is 8.91. The molecule has 0 spiro atoms. The molecule has 1 heterocycles. The Morgan fingerprint density at radius 3 is 2.59 bits per heavy atom. The van der Waals surface area contributed by atoms with Crippen molar-refractivity contribution in [2.45, 2.75) is 6.42 Å². The number of hydrogen-bond donors (Lipinski definition) is 2. The van der Waals surface area contributed by atoms with Crippen molar-refractivity contribution in [3.05, 3.63) is 77.7 Å². The van der Waals surface area contributed by atoms with Crippen molar-refractivity contribution in [1.29, 1.82) is 0 Å². The van der Waals surface area contributed by atoms with Gasteiger partial charge in [-0.15, -0.1) is 0 Å². The van der Waals surface area contributed by atoms with E-state index >= 15 is 0 Å². The second-order valence-corrected chi connectivity index (χ2v) is 6.02. The molecule has 0 saturated heterocycles. The van der Waals surface area contributed by atoms with Gasteiger partial charge in [0, 0.05) is 18.0 Å². The Morgan fingerprint density at radius 2 is 1.85 bits per heavy atom. The lowest BCUT2D eigenvalue weighted by Gasteiger charge is -2.13. The van der Waals surface area contributed by atoms with Crippen molar-refractivity contribution < 1.29 is 18.7 Å². The summed E-state index contributed by atoms with van der Waals surface area (Å²) >= 11 is 6.03. The van der Waals surface area contributed by atoms with E-state index in [1.807, 2.05) is 30.3 Å². The van der Waals surface area contributed by atoms with Gasteiger partial charge >= 0.3 is 0 Å². The zero-order valence-electron chi connectivity index (χ0n) is 14.3. The molecule has 2 amide bonds. The second-order valence-electron chi connectivity index (χ2n) is 5.59. The van der Waals surface area contributed by atoms with Crippen molar-refractivity contribution in [1.82, 2.24) is 5.32 Å². The first-order valence-corrected chi connectivity index (χ1v) is 8.63. The molecule has 3 aromatic rings. The molecule has 0 bridgehead atoms. The minimum Gasteiger partial charge on any atom is -0.459 e. The topological polar surface area (TPSA) is 80.6 Å². The molecule has 3 rings (SSSR count). The third-order valence-corrected chi connectivity index (χ3v) is 3.80. The zero-order chi connectivity index (χ0) is 19.1. The van der Waals surface area contributed by atoms with E-state index in [1.165, 1.54) is 6.26 Å². The van der Waals surface area contributed by atoms with Crippen LogP contribution < -0.4 is 15.4 Å². The van der Waals surface area contributed by atoms with Gasteiger partial charge in [-0.25, -0.2) is 0 Å². The number of carbonyl (C=O) groups is 2. The number of benzene rings is 2. The molecule has 27 heavy (non-hydrogen) atoms. The Bertz CT molecular complexity index is 911. The number of carbonyl (C=O) groups excluding carboxylic acids is 2. The lowest BCUT2D eigenvalue weighted by atomic mass is 10.2. The van der Waals surface area contributed by atoms with Crippen molar-refractivity contribution in [3.8, 4) is 11.5 Å². The summed E-state index contributed by atoms with van der Waals surface area (Å²) in [6.07, 6.45) is 1.50. The highest BCUT2D eigenvalue weighted by molar-refractivity contribution is 6.31. The maximum absolute atomic E-state index is 12.2. The molecule has 0 aliphatic rings. The number of furan rings is 1. The number of hydrogen-bond acceptors (Lipinski definition) is 4. The third-order valence-electron chi connectivity index (χ3n) is 3.57. The minimum atomic E-state index is -0.372. The molecule has 7 heteroatoms. The van der Waals surface area contributed by atoms with E-state index in [9.17, 15) is 9.59 Å². The van der Waals surface area contributed by atoms with E-state index in [1.54, 1.807) is 30.3 Å². The summed E-state index contributed by atoms with van der Waals surface area (Å²) in [5.74, 6) is 0.655. The summed E-state index contributed by atoms with van der Waals surface area (Å²) in [7, 11) is 0. The lowest BCUT2D eigenvalue weighted by Crippen LogP contribution is -2.27. The summed E-state index contributed by atoms with van der Waals surface area (Å²) in [4.78, 5) is 24.0. The number of rotatable bonds is 7. The van der Waals surface area contributed by atoms with E-state index in [4.69, 9.17) is 20.8 Å². The quantitative estimate of drug-likeness (QED) is 0.629. The first kappa shape index (κ1) is 18.5. The third kappa shape index (κ3) is 5.36. The van der Waals surface area contributed by atoms with Gasteiger partial charge in [-0.3, -0.25) is 9.59 Å². The maximum atomic E-state index is 12.2. The van der Waals surface area contributed by atoms with Gasteiger partial charge in [-0.05, 0) is 42.5 Å². The number of ether oxygens (including phenoxy) is 1. The van der Waals surface area contributed by atoms with Crippen molar-refractivity contribution in [2.24, 2.45) is 0 Å². The number of nitrogens with one attached hydrogen (secondary N) is 2. The Kier molecular flexibility index (Phi) is 6.12. The van der Waals surface area contributed by atoms with Crippen LogP contribution in [0, 0.1) is 0 Å². The number of halogens is 1. The normalized spacial score (nSPS) is 10.3. The Balaban J connectivity index is 1.58. The summed E-state index contributed by atoms with van der Waals surface area (Å²) in [6.45, 7) is 0.167. The standard InChI is InChI=1S/C20H17ClN2O4/c21-14-8-9-17(27-15-5-2-1-3-6-15)16(13-14)23-19(24)10-11-22-20(25)18-7-4-12-26-18/h1-9,12-13H,10-11H2,(H,22,25)(H,23,24). The predicted molar refractivity (Wildman–Crippen MR) is 102 cm³/mol. The molecular weight excluding hydrogens is 368 g/mol. The van der Waals surface area contributed by atoms with Gasteiger partial charge in [-0.2, -0.15) is 0 Å². The van der Waals surface area contributed by atoms with Crippen LogP contribution in [0.25, 0.3) is 0 Å². The molecule has 0 fully saturated rings. The molecule has 0 unspecified atom stereocenters. The van der Waals surface area contributed by atoms with Gasteiger partial charge in [0.15, 0.2) is 11.5 Å². The molecular formula is C20H17ClN2O4. The zero-order valence-corrected chi connectivity index (χ0v) is 15.0. The van der Waals surface area contributed by atoms with Gasteiger partial charge in [0.1, 0.15) is 5.75 Å². The smallest absolute Gasteiger partial charge is 0.286 e. The van der Waals surface area contributed by atoms with Gasteiger partial charge in [0.2, 0.25) is 5.91 Å². The van der Waals surface area contributed by atoms with Crippen LogP contribution in [0.2, 0.25) is 5.02 Å². The fourth-order valence-electron chi connectivity index (χ4n) is 2.30. The molecule has 138 valence electrons. The monoisotopic (exact) mass is 384 g/mol. The summed E-state index contributed by atoms with van der Waals surface area (Å²) < 4.78 is 10.8. The van der Waals surface area contributed by atoms with Crippen LogP contribution >= 0.6 is 11.6 Å². The van der Waals surface area contributed by atoms with Crippen LogP contribution in [0.1, 0.15) is 17.0 Å². The SMILES string of the molecule is O=C(CCNC(=O)c1ccco1)Nc1cc(Cl)ccc1Oc1ccccc1. The van der Waals surface area contributed by atoms with Crippen molar-refractivity contribution >= 4 is 29.1 Å². The Hall–Kier alpha value is -3.25. The highest BCUT2D eigenvalue weighted by atomic mass is 35.5. The fourth-order valence-corrected chi connectivity index (χ4v) is 2.47. The van der Waals surface area contributed by atoms with Gasteiger partial charge in [-0.1, -0.05) is 29.8 Å². The van der Waals surface area contributed by atoms with Gasteiger partial charge in [0.05, 0.1) is 12.0 Å². The summed E-state index contributed by atoms with van der Waals surface area (Å²) in [6, 6.07) is 17.4. The molecule has 2 aromatic carbocycles. The van der Waals surface area contributed by atoms with E-state index in [0.717, 1.165) is 0 Å². The summed E-state index contributed by atoms with van der Waals surface area (Å²) in [5.41, 5.74) is 0.453. The first-order valence-electron chi connectivity index (χ1n) is 8.26. The maximum Gasteiger partial charge on any atom is 0.286 e. The van der Waals surface area contributed by atoms with Crippen LogP contribution in [0.5, 0.6) is 11.5 Å². The van der Waals surface area contributed by atoms with Gasteiger partial charge < -0.3 is 19.8 Å². The van der Waals surface area contributed by atoms with Crippen molar-refractivity contribution in [2.75, 3.05) is 11.9 Å². The van der Waals surface area contributed by atoms with Crippen LogP contribution in [-0.2, 0) is 4.79 Å². The van der Waals surface area contributed by atoms with Crippen LogP contribution in [0.4, 0.5) is 5.69 Å². The number of anilines is 1. The minimum absolute atomic E-state index is 0.0870. The molecule has 1 aromatic heterocycles. The van der Waals surface area contributed by atoms with E-state index < -0.39 is 0 Å². The molecule has 0 atom stereocenters. The molecule has 0 aliphatic heterocycles. The molecule has 0 saturated carbocycles. The first-order chi connectivity index (χ1) is 13.1. The van der Waals surface area contributed by atoms with Crippen LogP contribution in [-0.4, -0.2) is 18.4 Å². The largest absolute Gasteiger partial charge is 0.459 e. The number of amides is 2. The average molecular weight is 385 g/mol.